The fourth-order valence-corrected chi connectivity index (χ4v) is 4.89. The molecule has 0 aromatic heterocycles. The zero-order chi connectivity index (χ0) is 19.5. The van der Waals surface area contributed by atoms with E-state index in [1.54, 1.807) is 0 Å². The van der Waals surface area contributed by atoms with E-state index >= 15 is 0 Å². The molecule has 0 bridgehead atoms. The molecule has 150 valence electrons. The maximum Gasteiger partial charge on any atom is 0.226 e. The molecule has 1 aromatic rings. The normalized spacial score (nSPS) is 25.4. The van der Waals surface area contributed by atoms with Gasteiger partial charge in [0.05, 0.1) is 12.0 Å². The van der Waals surface area contributed by atoms with Crippen LogP contribution in [0, 0.1) is 11.8 Å². The van der Waals surface area contributed by atoms with Crippen molar-refractivity contribution in [3.63, 3.8) is 0 Å². The summed E-state index contributed by atoms with van der Waals surface area (Å²) in [5.74, 6) is 0.410. The minimum atomic E-state index is -0.0302. The Hall–Kier alpha value is -2.37. The Kier molecular flexibility index (Phi) is 5.64. The lowest BCUT2D eigenvalue weighted by atomic mass is 9.88. The number of fused-ring (bicyclic) bond motifs is 1. The number of aryl methyl sites for hydroxylation is 1. The van der Waals surface area contributed by atoms with Crippen molar-refractivity contribution in [2.75, 3.05) is 26.2 Å². The van der Waals surface area contributed by atoms with Crippen molar-refractivity contribution in [1.82, 2.24) is 15.1 Å². The number of rotatable bonds is 4. The molecule has 3 heterocycles. The SMILES string of the molecule is O=C1NC[C@@H]2[C@H]1CCCN2C(=O)C1CCN(C(=O)CCc2ccccc2)CC1. The van der Waals surface area contributed by atoms with E-state index < -0.39 is 0 Å². The lowest BCUT2D eigenvalue weighted by Crippen LogP contribution is -2.52. The molecular formula is C22H29N3O3. The summed E-state index contributed by atoms with van der Waals surface area (Å²) in [7, 11) is 0. The fraction of sp³-hybridized carbons (Fsp3) is 0.591. The predicted molar refractivity (Wildman–Crippen MR) is 105 cm³/mol. The molecule has 0 unspecified atom stereocenters. The maximum absolute atomic E-state index is 13.1. The molecule has 3 saturated heterocycles. The van der Waals surface area contributed by atoms with Crippen LogP contribution in [0.3, 0.4) is 0 Å². The summed E-state index contributed by atoms with van der Waals surface area (Å²) in [6.45, 7) is 2.66. The second-order valence-corrected chi connectivity index (χ2v) is 8.23. The van der Waals surface area contributed by atoms with Gasteiger partial charge in [0.1, 0.15) is 0 Å². The Morgan fingerprint density at radius 1 is 1.04 bits per heavy atom. The zero-order valence-corrected chi connectivity index (χ0v) is 16.3. The molecule has 6 heteroatoms. The van der Waals surface area contributed by atoms with E-state index in [0.29, 0.717) is 26.1 Å². The van der Waals surface area contributed by atoms with Crippen molar-refractivity contribution in [3.05, 3.63) is 35.9 Å². The zero-order valence-electron chi connectivity index (χ0n) is 16.3. The number of benzene rings is 1. The quantitative estimate of drug-likeness (QED) is 0.859. The Labute approximate surface area is 166 Å². The Morgan fingerprint density at radius 2 is 1.79 bits per heavy atom. The number of hydrogen-bond donors (Lipinski definition) is 1. The van der Waals surface area contributed by atoms with E-state index in [1.165, 1.54) is 5.56 Å². The Bertz CT molecular complexity index is 728. The third kappa shape index (κ3) is 3.91. The molecule has 6 nitrogen and oxygen atoms in total. The van der Waals surface area contributed by atoms with Crippen LogP contribution >= 0.6 is 0 Å². The Balaban J connectivity index is 1.27. The first-order valence-electron chi connectivity index (χ1n) is 10.5. The second-order valence-electron chi connectivity index (χ2n) is 8.23. The highest BCUT2D eigenvalue weighted by Crippen LogP contribution is 2.30. The number of likely N-dealkylation sites (tertiary alicyclic amines) is 2. The summed E-state index contributed by atoms with van der Waals surface area (Å²) in [6, 6.07) is 10.1. The summed E-state index contributed by atoms with van der Waals surface area (Å²) in [5.41, 5.74) is 1.18. The van der Waals surface area contributed by atoms with Crippen molar-refractivity contribution < 1.29 is 14.4 Å². The summed E-state index contributed by atoms with van der Waals surface area (Å²) in [5, 5.41) is 2.91. The van der Waals surface area contributed by atoms with Gasteiger partial charge in [-0.2, -0.15) is 0 Å². The predicted octanol–water partition coefficient (Wildman–Crippen LogP) is 1.59. The van der Waals surface area contributed by atoms with Crippen molar-refractivity contribution in [2.45, 2.75) is 44.6 Å². The number of carbonyl (C=O) groups is 3. The average Bonchev–Trinajstić information content (AvgIpc) is 3.13. The molecule has 0 spiro atoms. The largest absolute Gasteiger partial charge is 0.354 e. The van der Waals surface area contributed by atoms with E-state index in [4.69, 9.17) is 0 Å². The van der Waals surface area contributed by atoms with Gasteiger partial charge in [-0.05, 0) is 37.7 Å². The molecule has 0 aliphatic carbocycles. The molecule has 0 radical (unpaired) electrons. The lowest BCUT2D eigenvalue weighted by molar-refractivity contribution is -0.144. The van der Waals surface area contributed by atoms with Crippen LogP contribution in [-0.2, 0) is 20.8 Å². The number of carbonyl (C=O) groups excluding carboxylic acids is 3. The standard InChI is InChI=1S/C22H29N3O3/c26-20(9-8-16-5-2-1-3-6-16)24-13-10-17(11-14-24)22(28)25-12-4-7-18-19(25)15-23-21(18)27/h1-3,5-6,17-19H,4,7-15H2,(H,23,27)/t18-,19-/m1/s1. The number of piperidine rings is 2. The van der Waals surface area contributed by atoms with Crippen molar-refractivity contribution in [3.8, 4) is 0 Å². The molecule has 3 aliphatic rings. The van der Waals surface area contributed by atoms with E-state index in [1.807, 2.05) is 40.1 Å². The smallest absolute Gasteiger partial charge is 0.226 e. The summed E-state index contributed by atoms with van der Waals surface area (Å²) in [4.78, 5) is 41.4. The van der Waals surface area contributed by atoms with Crippen molar-refractivity contribution in [1.29, 1.82) is 0 Å². The topological polar surface area (TPSA) is 69.7 Å². The van der Waals surface area contributed by atoms with Crippen LogP contribution < -0.4 is 5.32 Å². The molecule has 1 N–H and O–H groups in total. The van der Waals surface area contributed by atoms with Crippen LogP contribution in [0.2, 0.25) is 0 Å². The third-order valence-electron chi connectivity index (χ3n) is 6.55. The van der Waals surface area contributed by atoms with Crippen LogP contribution in [0.4, 0.5) is 0 Å². The van der Waals surface area contributed by atoms with Crippen LogP contribution in [-0.4, -0.2) is 59.7 Å². The highest BCUT2D eigenvalue weighted by molar-refractivity contribution is 5.85. The van der Waals surface area contributed by atoms with Gasteiger partial charge in [0, 0.05) is 38.5 Å². The minimum absolute atomic E-state index is 0.0207. The molecule has 2 atom stereocenters. The summed E-state index contributed by atoms with van der Waals surface area (Å²) >= 11 is 0. The fourth-order valence-electron chi connectivity index (χ4n) is 4.89. The van der Waals surface area contributed by atoms with Crippen molar-refractivity contribution in [2.24, 2.45) is 11.8 Å². The van der Waals surface area contributed by atoms with Gasteiger partial charge >= 0.3 is 0 Å². The van der Waals surface area contributed by atoms with Gasteiger partial charge in [-0.3, -0.25) is 14.4 Å². The van der Waals surface area contributed by atoms with Crippen LogP contribution in [0.25, 0.3) is 0 Å². The van der Waals surface area contributed by atoms with Gasteiger partial charge < -0.3 is 15.1 Å². The highest BCUT2D eigenvalue weighted by Gasteiger charge is 2.44. The lowest BCUT2D eigenvalue weighted by Gasteiger charge is -2.40. The first-order valence-corrected chi connectivity index (χ1v) is 10.5. The molecule has 1 aromatic carbocycles. The van der Waals surface area contributed by atoms with E-state index in [0.717, 1.165) is 38.6 Å². The maximum atomic E-state index is 13.1. The number of nitrogens with zero attached hydrogens (tertiary/aromatic N) is 2. The van der Waals surface area contributed by atoms with Gasteiger partial charge in [0.15, 0.2) is 0 Å². The average molecular weight is 383 g/mol. The van der Waals surface area contributed by atoms with Crippen LogP contribution in [0.1, 0.15) is 37.7 Å². The first-order chi connectivity index (χ1) is 13.6. The monoisotopic (exact) mass is 383 g/mol. The van der Waals surface area contributed by atoms with Crippen LogP contribution in [0.15, 0.2) is 30.3 Å². The van der Waals surface area contributed by atoms with E-state index in [2.05, 4.69) is 5.32 Å². The van der Waals surface area contributed by atoms with Gasteiger partial charge in [0.2, 0.25) is 17.7 Å². The van der Waals surface area contributed by atoms with Gasteiger partial charge in [-0.15, -0.1) is 0 Å². The molecule has 28 heavy (non-hydrogen) atoms. The molecule has 0 saturated carbocycles. The van der Waals surface area contributed by atoms with Gasteiger partial charge in [-0.1, -0.05) is 30.3 Å². The Morgan fingerprint density at radius 3 is 2.54 bits per heavy atom. The molecule has 4 rings (SSSR count). The van der Waals surface area contributed by atoms with Gasteiger partial charge in [0.25, 0.3) is 0 Å². The van der Waals surface area contributed by atoms with E-state index in [9.17, 15) is 14.4 Å². The molecule has 3 fully saturated rings. The summed E-state index contributed by atoms with van der Waals surface area (Å²) in [6.07, 6.45) is 4.52. The number of nitrogens with one attached hydrogen (secondary N) is 1. The molecule has 3 aliphatic heterocycles. The van der Waals surface area contributed by atoms with E-state index in [-0.39, 0.29) is 35.6 Å². The minimum Gasteiger partial charge on any atom is -0.354 e. The first kappa shape index (κ1) is 19.0. The second kappa shape index (κ2) is 8.33. The number of amides is 3. The third-order valence-corrected chi connectivity index (χ3v) is 6.55. The molecular weight excluding hydrogens is 354 g/mol. The van der Waals surface area contributed by atoms with Crippen LogP contribution in [0.5, 0.6) is 0 Å². The van der Waals surface area contributed by atoms with Crippen molar-refractivity contribution >= 4 is 17.7 Å². The van der Waals surface area contributed by atoms with Gasteiger partial charge in [-0.25, -0.2) is 0 Å². The number of hydrogen-bond acceptors (Lipinski definition) is 3. The molecule has 3 amide bonds. The summed E-state index contributed by atoms with van der Waals surface area (Å²) < 4.78 is 0. The highest BCUT2D eigenvalue weighted by atomic mass is 16.2.